The molecule has 1 aromatic carbocycles. The number of phosphoric ester groups is 2. The predicted molar refractivity (Wildman–Crippen MR) is 98.8 cm³/mol. The normalized spacial score (nSPS) is 12.2. The van der Waals surface area contributed by atoms with Crippen molar-refractivity contribution < 1.29 is 36.3 Å². The average molecular weight is 410 g/mol. The molecule has 0 aliphatic carbocycles. The molecular formula is C16H28O8P2. The second kappa shape index (κ2) is 11.1. The molecule has 0 spiro atoms. The van der Waals surface area contributed by atoms with Gasteiger partial charge in [-0.05, 0) is 45.7 Å². The summed E-state index contributed by atoms with van der Waals surface area (Å²) in [6, 6.07) is 4.80. The zero-order valence-corrected chi connectivity index (χ0v) is 17.7. The van der Waals surface area contributed by atoms with E-state index in [4.69, 9.17) is 27.1 Å². The summed E-state index contributed by atoms with van der Waals surface area (Å²) < 4.78 is 56.7. The SMILES string of the molecule is CCOP(=O)(OCC)Oc1ccc(CC)c(OP(=O)(OCC)OCC)c1. The van der Waals surface area contributed by atoms with Gasteiger partial charge in [0.05, 0.1) is 26.4 Å². The largest absolute Gasteiger partial charge is 0.530 e. The molecule has 0 unspecified atom stereocenters. The topological polar surface area (TPSA) is 89.5 Å². The average Bonchev–Trinajstić information content (AvgIpc) is 2.55. The van der Waals surface area contributed by atoms with E-state index >= 15 is 0 Å². The van der Waals surface area contributed by atoms with E-state index in [0.717, 1.165) is 5.56 Å². The maximum atomic E-state index is 12.6. The standard InChI is InChI=1S/C16H28O8P2/c1-6-14-11-12-15(23-25(17,19-7-2)20-8-3)13-16(14)24-26(18,21-9-4)22-10-5/h11-13H,6-10H2,1-5H3. The first kappa shape index (κ1) is 23.2. The van der Waals surface area contributed by atoms with E-state index in [0.29, 0.717) is 6.42 Å². The van der Waals surface area contributed by atoms with Crippen LogP contribution in [-0.4, -0.2) is 26.4 Å². The number of hydrogen-bond acceptors (Lipinski definition) is 8. The predicted octanol–water partition coefficient (Wildman–Crippen LogP) is 5.37. The van der Waals surface area contributed by atoms with Crippen molar-refractivity contribution in [2.24, 2.45) is 0 Å². The van der Waals surface area contributed by atoms with Crippen LogP contribution in [-0.2, 0) is 33.6 Å². The Hall–Kier alpha value is -0.880. The Balaban J connectivity index is 3.14. The summed E-state index contributed by atoms with van der Waals surface area (Å²) in [4.78, 5) is 0. The van der Waals surface area contributed by atoms with Gasteiger partial charge in [0.25, 0.3) is 0 Å². The van der Waals surface area contributed by atoms with Crippen LogP contribution in [0.3, 0.4) is 0 Å². The Morgan fingerprint density at radius 3 is 1.62 bits per heavy atom. The van der Waals surface area contributed by atoms with Gasteiger partial charge >= 0.3 is 15.6 Å². The molecule has 0 amide bonds. The quantitative estimate of drug-likeness (QED) is 0.401. The molecule has 8 nitrogen and oxygen atoms in total. The number of rotatable bonds is 13. The first-order chi connectivity index (χ1) is 12.3. The summed E-state index contributed by atoms with van der Waals surface area (Å²) in [5.74, 6) is 0.455. The molecular weight excluding hydrogens is 382 g/mol. The summed E-state index contributed by atoms with van der Waals surface area (Å²) >= 11 is 0. The van der Waals surface area contributed by atoms with Crippen molar-refractivity contribution in [2.75, 3.05) is 26.4 Å². The van der Waals surface area contributed by atoms with Crippen molar-refractivity contribution >= 4 is 15.6 Å². The van der Waals surface area contributed by atoms with E-state index in [1.165, 1.54) is 6.07 Å². The lowest BCUT2D eigenvalue weighted by molar-refractivity contribution is 0.166. The summed E-state index contributed by atoms with van der Waals surface area (Å²) in [5, 5.41) is 0. The van der Waals surface area contributed by atoms with E-state index in [2.05, 4.69) is 0 Å². The molecule has 0 radical (unpaired) electrons. The molecule has 0 atom stereocenters. The molecule has 10 heteroatoms. The molecule has 1 rings (SSSR count). The summed E-state index contributed by atoms with van der Waals surface area (Å²) in [5.41, 5.74) is 0.764. The highest BCUT2D eigenvalue weighted by molar-refractivity contribution is 7.49. The van der Waals surface area contributed by atoms with Gasteiger partial charge in [0.15, 0.2) is 0 Å². The molecule has 0 bridgehead atoms. The Labute approximate surface area is 155 Å². The maximum Gasteiger partial charge on any atom is 0.530 e. The summed E-state index contributed by atoms with van der Waals surface area (Å²) in [6.07, 6.45) is 0.614. The van der Waals surface area contributed by atoms with Crippen molar-refractivity contribution in [3.8, 4) is 11.5 Å². The van der Waals surface area contributed by atoms with Crippen LogP contribution < -0.4 is 9.05 Å². The van der Waals surface area contributed by atoms with Gasteiger partial charge < -0.3 is 9.05 Å². The molecule has 0 aliphatic heterocycles. The van der Waals surface area contributed by atoms with Gasteiger partial charge in [-0.2, -0.15) is 0 Å². The lowest BCUT2D eigenvalue weighted by Gasteiger charge is -2.21. The molecule has 150 valence electrons. The number of hydrogen-bond donors (Lipinski definition) is 0. The Bertz CT molecular complexity index is 629. The lowest BCUT2D eigenvalue weighted by Crippen LogP contribution is -2.05. The van der Waals surface area contributed by atoms with E-state index in [9.17, 15) is 9.13 Å². The van der Waals surface area contributed by atoms with Crippen molar-refractivity contribution in [2.45, 2.75) is 41.0 Å². The van der Waals surface area contributed by atoms with Crippen LogP contribution in [0.2, 0.25) is 0 Å². The van der Waals surface area contributed by atoms with Gasteiger partial charge in [-0.3, -0.25) is 18.1 Å². The van der Waals surface area contributed by atoms with Gasteiger partial charge in [0.2, 0.25) is 0 Å². The van der Waals surface area contributed by atoms with Gasteiger partial charge in [-0.1, -0.05) is 13.0 Å². The Kier molecular flexibility index (Phi) is 9.86. The lowest BCUT2D eigenvalue weighted by atomic mass is 10.1. The van der Waals surface area contributed by atoms with Crippen LogP contribution in [0, 0.1) is 0 Å². The van der Waals surface area contributed by atoms with Gasteiger partial charge in [-0.15, -0.1) is 0 Å². The molecule has 26 heavy (non-hydrogen) atoms. The van der Waals surface area contributed by atoms with Gasteiger partial charge in [-0.25, -0.2) is 9.13 Å². The van der Waals surface area contributed by atoms with Crippen LogP contribution in [0.25, 0.3) is 0 Å². The van der Waals surface area contributed by atoms with Crippen molar-refractivity contribution in [3.05, 3.63) is 23.8 Å². The molecule has 1 aromatic rings. The molecule has 0 heterocycles. The molecule has 0 aromatic heterocycles. The highest BCUT2D eigenvalue weighted by Crippen LogP contribution is 2.53. The van der Waals surface area contributed by atoms with Crippen LogP contribution in [0.1, 0.15) is 40.2 Å². The van der Waals surface area contributed by atoms with Crippen LogP contribution >= 0.6 is 15.6 Å². The molecule has 0 fully saturated rings. The smallest absolute Gasteiger partial charge is 0.404 e. The fourth-order valence-corrected chi connectivity index (χ4v) is 4.44. The third-order valence-electron chi connectivity index (χ3n) is 3.00. The van der Waals surface area contributed by atoms with E-state index < -0.39 is 15.6 Å². The number of aryl methyl sites for hydroxylation is 1. The van der Waals surface area contributed by atoms with Crippen molar-refractivity contribution in [1.29, 1.82) is 0 Å². The van der Waals surface area contributed by atoms with Crippen molar-refractivity contribution in [3.63, 3.8) is 0 Å². The highest BCUT2D eigenvalue weighted by atomic mass is 31.2. The molecule has 0 aliphatic rings. The minimum absolute atomic E-state index is 0.164. The fourth-order valence-electron chi connectivity index (χ4n) is 2.03. The second-order valence-electron chi connectivity index (χ2n) is 4.87. The zero-order valence-electron chi connectivity index (χ0n) is 15.9. The van der Waals surface area contributed by atoms with Gasteiger partial charge in [0.1, 0.15) is 11.5 Å². The van der Waals surface area contributed by atoms with E-state index in [1.54, 1.807) is 39.8 Å². The minimum atomic E-state index is -3.76. The minimum Gasteiger partial charge on any atom is -0.404 e. The summed E-state index contributed by atoms with van der Waals surface area (Å²) in [6.45, 7) is 9.33. The second-order valence-corrected chi connectivity index (χ2v) is 8.06. The van der Waals surface area contributed by atoms with Crippen LogP contribution in [0.4, 0.5) is 0 Å². The van der Waals surface area contributed by atoms with Crippen LogP contribution in [0.15, 0.2) is 18.2 Å². The van der Waals surface area contributed by atoms with E-state index in [-0.39, 0.29) is 37.9 Å². The van der Waals surface area contributed by atoms with E-state index in [1.807, 2.05) is 6.92 Å². The Morgan fingerprint density at radius 2 is 1.19 bits per heavy atom. The van der Waals surface area contributed by atoms with Crippen LogP contribution in [0.5, 0.6) is 11.5 Å². The molecule has 0 saturated carbocycles. The third kappa shape index (κ3) is 7.03. The maximum absolute atomic E-state index is 12.6. The third-order valence-corrected chi connectivity index (χ3v) is 6.15. The fraction of sp³-hybridized carbons (Fsp3) is 0.625. The van der Waals surface area contributed by atoms with Gasteiger partial charge in [0, 0.05) is 6.07 Å². The molecule has 0 saturated heterocycles. The monoisotopic (exact) mass is 410 g/mol. The van der Waals surface area contributed by atoms with Crippen molar-refractivity contribution in [1.82, 2.24) is 0 Å². The number of phosphoric acid groups is 2. The number of benzene rings is 1. The zero-order chi connectivity index (χ0) is 19.6. The highest BCUT2D eigenvalue weighted by Gasteiger charge is 2.30. The first-order valence-electron chi connectivity index (χ1n) is 8.65. The first-order valence-corrected chi connectivity index (χ1v) is 11.6. The molecule has 0 N–H and O–H groups in total. The summed E-state index contributed by atoms with van der Waals surface area (Å²) in [7, 11) is -7.51. The Morgan fingerprint density at radius 1 is 0.731 bits per heavy atom.